The molecule has 0 radical (unpaired) electrons. The van der Waals surface area contributed by atoms with Gasteiger partial charge in [0.25, 0.3) is 5.56 Å². The molecule has 1 amide bonds. The van der Waals surface area contributed by atoms with Crippen LogP contribution in [0.15, 0.2) is 29.1 Å². The zero-order valence-corrected chi connectivity index (χ0v) is 15.1. The number of likely N-dealkylation sites (tertiary alicyclic amines) is 1. The summed E-state index contributed by atoms with van der Waals surface area (Å²) in [6.07, 6.45) is 2.80. The van der Waals surface area contributed by atoms with Gasteiger partial charge >= 0.3 is 0 Å². The number of carbonyl (C=O) groups excluding carboxylic acids is 1. The number of hydrogen-bond donors (Lipinski definition) is 1. The van der Waals surface area contributed by atoms with E-state index >= 15 is 0 Å². The molecule has 5 heteroatoms. The van der Waals surface area contributed by atoms with Crippen molar-refractivity contribution in [3.05, 3.63) is 62.8 Å². The van der Waals surface area contributed by atoms with Crippen molar-refractivity contribution in [1.29, 1.82) is 0 Å². The fraction of sp³-hybridized carbons (Fsp3) is 0.450. The van der Waals surface area contributed by atoms with E-state index in [9.17, 15) is 9.59 Å². The van der Waals surface area contributed by atoms with Crippen LogP contribution in [0.25, 0.3) is 0 Å². The van der Waals surface area contributed by atoms with Crippen molar-refractivity contribution in [2.45, 2.75) is 52.5 Å². The lowest BCUT2D eigenvalue weighted by Crippen LogP contribution is -2.31. The topological polar surface area (TPSA) is 66.1 Å². The Morgan fingerprint density at radius 3 is 2.64 bits per heavy atom. The van der Waals surface area contributed by atoms with Gasteiger partial charge in [0.2, 0.25) is 5.91 Å². The highest BCUT2D eigenvalue weighted by atomic mass is 16.2. The van der Waals surface area contributed by atoms with Crippen LogP contribution in [-0.2, 0) is 11.2 Å². The standard InChI is InChI=1S/C20H25N3O2/c1-13-6-8-16(9-7-13)18-5-4-12-23(18)19(24)11-10-17-14(2)21-15(3)22-20(17)25/h6-9,18H,4-5,10-12H2,1-3H3,(H,21,22,25)/t18-/m0/s1. The molecule has 1 aromatic heterocycles. The SMILES string of the molecule is Cc1ccc([C@@H]2CCCN2C(=O)CCc2c(C)nc(C)[nH]c2=O)cc1. The van der Waals surface area contributed by atoms with Crippen molar-refractivity contribution in [3.63, 3.8) is 0 Å². The molecule has 0 aliphatic carbocycles. The van der Waals surface area contributed by atoms with E-state index in [1.807, 2.05) is 11.8 Å². The summed E-state index contributed by atoms with van der Waals surface area (Å²) in [6.45, 7) is 6.45. The molecule has 2 aromatic rings. The molecule has 1 saturated heterocycles. The molecule has 1 N–H and O–H groups in total. The van der Waals surface area contributed by atoms with Gasteiger partial charge in [-0.1, -0.05) is 29.8 Å². The first-order valence-corrected chi connectivity index (χ1v) is 8.88. The highest BCUT2D eigenvalue weighted by Gasteiger charge is 2.29. The Morgan fingerprint density at radius 1 is 1.24 bits per heavy atom. The minimum absolute atomic E-state index is 0.113. The van der Waals surface area contributed by atoms with E-state index < -0.39 is 0 Å². The van der Waals surface area contributed by atoms with Gasteiger partial charge in [0, 0.05) is 24.2 Å². The summed E-state index contributed by atoms with van der Waals surface area (Å²) in [7, 11) is 0. The first-order chi connectivity index (χ1) is 12.0. The van der Waals surface area contributed by atoms with Crippen molar-refractivity contribution in [3.8, 4) is 0 Å². The summed E-state index contributed by atoms with van der Waals surface area (Å²) in [6, 6.07) is 8.58. The van der Waals surface area contributed by atoms with Gasteiger partial charge in [0.15, 0.2) is 0 Å². The van der Waals surface area contributed by atoms with E-state index in [2.05, 4.69) is 41.2 Å². The van der Waals surface area contributed by atoms with Crippen LogP contribution in [0.2, 0.25) is 0 Å². The number of nitrogens with one attached hydrogen (secondary N) is 1. The predicted octanol–water partition coefficient (Wildman–Crippen LogP) is 2.99. The number of nitrogens with zero attached hydrogens (tertiary/aromatic N) is 2. The van der Waals surface area contributed by atoms with Crippen LogP contribution < -0.4 is 5.56 Å². The average molecular weight is 339 g/mol. The minimum Gasteiger partial charge on any atom is -0.336 e. The van der Waals surface area contributed by atoms with Crippen LogP contribution in [-0.4, -0.2) is 27.3 Å². The molecule has 1 atom stereocenters. The van der Waals surface area contributed by atoms with E-state index in [0.717, 1.165) is 19.4 Å². The highest BCUT2D eigenvalue weighted by Crippen LogP contribution is 2.32. The van der Waals surface area contributed by atoms with E-state index in [1.165, 1.54) is 11.1 Å². The lowest BCUT2D eigenvalue weighted by molar-refractivity contribution is -0.132. The molecule has 2 heterocycles. The second kappa shape index (κ2) is 7.21. The van der Waals surface area contributed by atoms with Gasteiger partial charge in [0.05, 0.1) is 6.04 Å². The third-order valence-corrected chi connectivity index (χ3v) is 4.96. The first-order valence-electron chi connectivity index (χ1n) is 8.88. The molecule has 0 spiro atoms. The zero-order chi connectivity index (χ0) is 18.0. The van der Waals surface area contributed by atoms with Crippen molar-refractivity contribution in [1.82, 2.24) is 14.9 Å². The monoisotopic (exact) mass is 339 g/mol. The van der Waals surface area contributed by atoms with Gasteiger partial charge in [-0.05, 0) is 45.6 Å². The number of amides is 1. The minimum atomic E-state index is -0.130. The summed E-state index contributed by atoms with van der Waals surface area (Å²) < 4.78 is 0. The highest BCUT2D eigenvalue weighted by molar-refractivity contribution is 5.77. The number of hydrogen-bond acceptors (Lipinski definition) is 3. The summed E-state index contributed by atoms with van der Waals surface area (Å²) in [5.41, 5.74) is 3.62. The Balaban J connectivity index is 1.70. The number of aryl methyl sites for hydroxylation is 3. The third-order valence-electron chi connectivity index (χ3n) is 4.96. The second-order valence-electron chi connectivity index (χ2n) is 6.87. The molecular formula is C20H25N3O2. The Kier molecular flexibility index (Phi) is 5.02. The van der Waals surface area contributed by atoms with Gasteiger partial charge in [-0.2, -0.15) is 0 Å². The van der Waals surface area contributed by atoms with E-state index in [4.69, 9.17) is 0 Å². The van der Waals surface area contributed by atoms with Crippen LogP contribution in [0.3, 0.4) is 0 Å². The summed E-state index contributed by atoms with van der Waals surface area (Å²) in [5.74, 6) is 0.721. The Bertz CT molecular complexity index is 824. The largest absolute Gasteiger partial charge is 0.336 e. The van der Waals surface area contributed by atoms with E-state index in [0.29, 0.717) is 29.9 Å². The van der Waals surface area contributed by atoms with Crippen LogP contribution in [0.5, 0.6) is 0 Å². The molecule has 1 aromatic carbocycles. The Labute approximate surface area is 148 Å². The molecule has 1 fully saturated rings. The van der Waals surface area contributed by atoms with E-state index in [-0.39, 0.29) is 17.5 Å². The number of aromatic amines is 1. The van der Waals surface area contributed by atoms with Crippen LogP contribution in [0, 0.1) is 20.8 Å². The van der Waals surface area contributed by atoms with Crippen molar-refractivity contribution in [2.75, 3.05) is 6.54 Å². The van der Waals surface area contributed by atoms with Gasteiger partial charge in [-0.3, -0.25) is 9.59 Å². The number of carbonyl (C=O) groups is 1. The Morgan fingerprint density at radius 2 is 1.96 bits per heavy atom. The summed E-state index contributed by atoms with van der Waals surface area (Å²) in [4.78, 5) is 33.8. The van der Waals surface area contributed by atoms with Crippen molar-refractivity contribution >= 4 is 5.91 Å². The average Bonchev–Trinajstić information content (AvgIpc) is 3.04. The summed E-state index contributed by atoms with van der Waals surface area (Å²) in [5, 5.41) is 0. The van der Waals surface area contributed by atoms with E-state index in [1.54, 1.807) is 6.92 Å². The van der Waals surface area contributed by atoms with Crippen molar-refractivity contribution < 1.29 is 4.79 Å². The first kappa shape index (κ1) is 17.4. The Hall–Kier alpha value is -2.43. The number of H-pyrrole nitrogens is 1. The molecule has 1 aliphatic heterocycles. The fourth-order valence-electron chi connectivity index (χ4n) is 3.62. The van der Waals surface area contributed by atoms with Crippen LogP contribution in [0.4, 0.5) is 0 Å². The normalized spacial score (nSPS) is 17.1. The van der Waals surface area contributed by atoms with Gasteiger partial charge in [-0.15, -0.1) is 0 Å². The molecule has 0 bridgehead atoms. The number of benzene rings is 1. The van der Waals surface area contributed by atoms with Crippen LogP contribution >= 0.6 is 0 Å². The maximum atomic E-state index is 12.8. The number of rotatable bonds is 4. The predicted molar refractivity (Wildman–Crippen MR) is 97.5 cm³/mol. The molecule has 132 valence electrons. The lowest BCUT2D eigenvalue weighted by Gasteiger charge is -2.25. The summed E-state index contributed by atoms with van der Waals surface area (Å²) >= 11 is 0. The lowest BCUT2D eigenvalue weighted by atomic mass is 10.0. The maximum Gasteiger partial charge on any atom is 0.254 e. The van der Waals surface area contributed by atoms with Gasteiger partial charge in [-0.25, -0.2) is 4.98 Å². The molecular weight excluding hydrogens is 314 g/mol. The molecule has 5 nitrogen and oxygen atoms in total. The molecule has 3 rings (SSSR count). The molecule has 25 heavy (non-hydrogen) atoms. The van der Waals surface area contributed by atoms with Gasteiger partial charge in [0.1, 0.15) is 5.82 Å². The van der Waals surface area contributed by atoms with Crippen molar-refractivity contribution in [2.24, 2.45) is 0 Å². The third kappa shape index (κ3) is 3.81. The molecule has 0 saturated carbocycles. The van der Waals surface area contributed by atoms with Gasteiger partial charge < -0.3 is 9.88 Å². The molecule has 1 aliphatic rings. The second-order valence-corrected chi connectivity index (χ2v) is 6.87. The van der Waals surface area contributed by atoms with Crippen LogP contribution in [0.1, 0.15) is 53.5 Å². The maximum absolute atomic E-state index is 12.8. The quantitative estimate of drug-likeness (QED) is 0.931. The molecule has 0 unspecified atom stereocenters. The zero-order valence-electron chi connectivity index (χ0n) is 15.1. The fourth-order valence-corrected chi connectivity index (χ4v) is 3.62. The smallest absolute Gasteiger partial charge is 0.254 e. The number of aromatic nitrogens is 2.